The van der Waals surface area contributed by atoms with Gasteiger partial charge < -0.3 is 10.1 Å². The molecule has 1 N–H and O–H groups in total. The van der Waals surface area contributed by atoms with E-state index in [1.54, 1.807) is 6.20 Å². The maximum Gasteiger partial charge on any atom is 0.124 e. The summed E-state index contributed by atoms with van der Waals surface area (Å²) in [5, 5.41) is 3.29. The number of para-hydroxylation sites is 1. The average Bonchev–Trinajstić information content (AvgIpc) is 2.43. The summed E-state index contributed by atoms with van der Waals surface area (Å²) in [5.74, 6) is 0.879. The molecule has 1 atom stereocenters. The Morgan fingerprint density at radius 1 is 1.10 bits per heavy atom. The summed E-state index contributed by atoms with van der Waals surface area (Å²) < 4.78 is 5.89. The summed E-state index contributed by atoms with van der Waals surface area (Å²) in [6.07, 6.45) is 3.73. The van der Waals surface area contributed by atoms with E-state index in [-0.39, 0.29) is 12.1 Å². The minimum Gasteiger partial charge on any atom is -0.491 e. The van der Waals surface area contributed by atoms with Gasteiger partial charge in [-0.1, -0.05) is 18.2 Å². The summed E-state index contributed by atoms with van der Waals surface area (Å²) in [7, 11) is 1.92. The van der Waals surface area contributed by atoms with Crippen molar-refractivity contribution in [2.24, 2.45) is 0 Å². The molecule has 106 valence electrons. The van der Waals surface area contributed by atoms with Crippen molar-refractivity contribution in [3.8, 4) is 5.75 Å². The number of nitrogens with one attached hydrogen (secondary N) is 1. The lowest BCUT2D eigenvalue weighted by molar-refractivity contribution is 0.238. The quantitative estimate of drug-likeness (QED) is 0.908. The Labute approximate surface area is 120 Å². The highest BCUT2D eigenvalue weighted by molar-refractivity contribution is 5.39. The maximum absolute atomic E-state index is 5.89. The number of aryl methyl sites for hydroxylation is 1. The maximum atomic E-state index is 5.89. The van der Waals surface area contributed by atoms with Crippen molar-refractivity contribution in [1.82, 2.24) is 15.3 Å². The van der Waals surface area contributed by atoms with E-state index in [2.05, 4.69) is 21.4 Å². The highest BCUT2D eigenvalue weighted by atomic mass is 16.5. The highest BCUT2D eigenvalue weighted by Gasteiger charge is 2.18. The molecule has 0 saturated heterocycles. The molecule has 0 saturated carbocycles. The molecular weight excluding hydrogens is 250 g/mol. The summed E-state index contributed by atoms with van der Waals surface area (Å²) in [4.78, 5) is 8.79. The second kappa shape index (κ2) is 6.48. The number of benzene rings is 1. The van der Waals surface area contributed by atoms with Crippen LogP contribution in [0.5, 0.6) is 5.75 Å². The molecule has 1 aromatic heterocycles. The number of hydrogen-bond acceptors (Lipinski definition) is 4. The third-order valence-corrected chi connectivity index (χ3v) is 2.98. The molecular formula is C16H21N3O. The standard InChI is InChI=1S/C16H21N3O/c1-11(2)20-15-8-6-5-7-13(15)16(17-4)14-10-18-12(3)9-19-14/h5-11,16-17H,1-4H3. The molecule has 4 heteroatoms. The van der Waals surface area contributed by atoms with Gasteiger partial charge in [0.2, 0.25) is 0 Å². The van der Waals surface area contributed by atoms with E-state index in [0.29, 0.717) is 0 Å². The largest absolute Gasteiger partial charge is 0.491 e. The molecule has 20 heavy (non-hydrogen) atoms. The first-order valence-corrected chi connectivity index (χ1v) is 6.83. The van der Waals surface area contributed by atoms with Crippen LogP contribution >= 0.6 is 0 Å². The first-order valence-electron chi connectivity index (χ1n) is 6.83. The van der Waals surface area contributed by atoms with Crippen molar-refractivity contribution in [1.29, 1.82) is 0 Å². The van der Waals surface area contributed by atoms with Crippen LogP contribution in [0.2, 0.25) is 0 Å². The fourth-order valence-electron chi connectivity index (χ4n) is 2.09. The molecule has 1 aromatic carbocycles. The van der Waals surface area contributed by atoms with E-state index in [1.807, 2.05) is 52.2 Å². The smallest absolute Gasteiger partial charge is 0.124 e. The van der Waals surface area contributed by atoms with Crippen molar-refractivity contribution in [2.45, 2.75) is 32.9 Å². The van der Waals surface area contributed by atoms with Gasteiger partial charge in [0, 0.05) is 11.8 Å². The molecule has 2 aromatic rings. The summed E-state index contributed by atoms with van der Waals surface area (Å²) in [6, 6.07) is 8.00. The second-order valence-corrected chi connectivity index (χ2v) is 5.01. The number of hydrogen-bond donors (Lipinski definition) is 1. The molecule has 2 rings (SSSR count). The van der Waals surface area contributed by atoms with Gasteiger partial charge in [-0.05, 0) is 33.9 Å². The van der Waals surface area contributed by atoms with Gasteiger partial charge in [-0.2, -0.15) is 0 Å². The van der Waals surface area contributed by atoms with Gasteiger partial charge in [-0.25, -0.2) is 0 Å². The molecule has 0 fully saturated rings. The Hall–Kier alpha value is -1.94. The number of ether oxygens (including phenoxy) is 1. The molecule has 0 aliphatic carbocycles. The zero-order valence-electron chi connectivity index (χ0n) is 12.4. The Morgan fingerprint density at radius 2 is 1.85 bits per heavy atom. The Morgan fingerprint density at radius 3 is 2.45 bits per heavy atom. The van der Waals surface area contributed by atoms with Crippen molar-refractivity contribution in [3.63, 3.8) is 0 Å². The molecule has 0 aliphatic heterocycles. The Balaban J connectivity index is 2.38. The molecule has 0 aliphatic rings. The van der Waals surface area contributed by atoms with Gasteiger partial charge in [0.25, 0.3) is 0 Å². The topological polar surface area (TPSA) is 47.0 Å². The first kappa shape index (κ1) is 14.5. The second-order valence-electron chi connectivity index (χ2n) is 5.01. The van der Waals surface area contributed by atoms with Crippen LogP contribution in [0, 0.1) is 6.92 Å². The predicted octanol–water partition coefficient (Wildman–Crippen LogP) is 2.88. The van der Waals surface area contributed by atoms with Crippen molar-refractivity contribution >= 4 is 0 Å². The molecule has 4 nitrogen and oxygen atoms in total. The highest BCUT2D eigenvalue weighted by Crippen LogP contribution is 2.29. The van der Waals surface area contributed by atoms with Crippen LogP contribution in [-0.4, -0.2) is 23.1 Å². The Bertz CT molecular complexity index is 552. The van der Waals surface area contributed by atoms with Gasteiger partial charge in [-0.3, -0.25) is 9.97 Å². The van der Waals surface area contributed by atoms with Crippen LogP contribution < -0.4 is 10.1 Å². The van der Waals surface area contributed by atoms with Crippen LogP contribution in [0.1, 0.15) is 36.8 Å². The van der Waals surface area contributed by atoms with E-state index < -0.39 is 0 Å². The summed E-state index contributed by atoms with van der Waals surface area (Å²) in [5.41, 5.74) is 2.87. The zero-order valence-corrected chi connectivity index (χ0v) is 12.4. The number of rotatable bonds is 5. The third-order valence-electron chi connectivity index (χ3n) is 2.98. The summed E-state index contributed by atoms with van der Waals surface area (Å²) >= 11 is 0. The Kier molecular flexibility index (Phi) is 4.69. The lowest BCUT2D eigenvalue weighted by Gasteiger charge is -2.21. The average molecular weight is 271 g/mol. The lowest BCUT2D eigenvalue weighted by Crippen LogP contribution is -2.21. The van der Waals surface area contributed by atoms with Crippen LogP contribution in [-0.2, 0) is 0 Å². The van der Waals surface area contributed by atoms with Crippen LogP contribution in [0.25, 0.3) is 0 Å². The van der Waals surface area contributed by atoms with Gasteiger partial charge in [0.15, 0.2) is 0 Å². The van der Waals surface area contributed by atoms with Gasteiger partial charge >= 0.3 is 0 Å². The van der Waals surface area contributed by atoms with E-state index in [0.717, 1.165) is 22.7 Å². The molecule has 1 heterocycles. The monoisotopic (exact) mass is 271 g/mol. The minimum atomic E-state index is -0.0296. The first-order chi connectivity index (χ1) is 9.61. The van der Waals surface area contributed by atoms with Crippen molar-refractivity contribution in [2.75, 3.05) is 7.05 Å². The van der Waals surface area contributed by atoms with E-state index in [4.69, 9.17) is 4.74 Å². The van der Waals surface area contributed by atoms with Crippen LogP contribution in [0.15, 0.2) is 36.7 Å². The fourth-order valence-corrected chi connectivity index (χ4v) is 2.09. The molecule has 0 bridgehead atoms. The van der Waals surface area contributed by atoms with Crippen LogP contribution in [0.3, 0.4) is 0 Å². The molecule has 0 amide bonds. The lowest BCUT2D eigenvalue weighted by atomic mass is 10.0. The zero-order chi connectivity index (χ0) is 14.5. The van der Waals surface area contributed by atoms with Gasteiger partial charge in [-0.15, -0.1) is 0 Å². The van der Waals surface area contributed by atoms with Gasteiger partial charge in [0.05, 0.1) is 29.7 Å². The number of aromatic nitrogens is 2. The van der Waals surface area contributed by atoms with Crippen molar-refractivity contribution in [3.05, 3.63) is 53.6 Å². The number of nitrogens with zero attached hydrogens (tertiary/aromatic N) is 2. The fraction of sp³-hybridized carbons (Fsp3) is 0.375. The van der Waals surface area contributed by atoms with Gasteiger partial charge in [0.1, 0.15) is 5.75 Å². The van der Waals surface area contributed by atoms with Crippen molar-refractivity contribution < 1.29 is 4.74 Å². The van der Waals surface area contributed by atoms with E-state index in [1.165, 1.54) is 0 Å². The molecule has 0 spiro atoms. The molecule has 0 radical (unpaired) electrons. The predicted molar refractivity (Wildman–Crippen MR) is 79.9 cm³/mol. The van der Waals surface area contributed by atoms with E-state index >= 15 is 0 Å². The normalized spacial score (nSPS) is 12.4. The van der Waals surface area contributed by atoms with E-state index in [9.17, 15) is 0 Å². The minimum absolute atomic E-state index is 0.0296. The molecule has 1 unspecified atom stereocenters. The third kappa shape index (κ3) is 3.33. The summed E-state index contributed by atoms with van der Waals surface area (Å²) in [6.45, 7) is 5.98. The SMILES string of the molecule is CNC(c1cnc(C)cn1)c1ccccc1OC(C)C. The van der Waals surface area contributed by atoms with Crippen LogP contribution in [0.4, 0.5) is 0 Å².